The van der Waals surface area contributed by atoms with Gasteiger partial charge in [0.2, 0.25) is 0 Å². The smallest absolute Gasteiger partial charge is 0.310 e. The molecule has 0 saturated heterocycles. The van der Waals surface area contributed by atoms with Crippen LogP contribution in [0.1, 0.15) is 0 Å². The Morgan fingerprint density at radius 3 is 2.75 bits per heavy atom. The van der Waals surface area contributed by atoms with Crippen LogP contribution in [0.5, 0.6) is 0 Å². The average Bonchev–Trinajstić information content (AvgIpc) is 2.04. The van der Waals surface area contributed by atoms with Gasteiger partial charge in [-0.1, -0.05) is 0 Å². The van der Waals surface area contributed by atoms with Gasteiger partial charge in [0, 0.05) is 20.6 Å². The number of rotatable bonds is 1. The molecule has 0 radical (unpaired) electrons. The lowest BCUT2D eigenvalue weighted by molar-refractivity contribution is -0.141. The third-order valence-corrected chi connectivity index (χ3v) is 1.74. The number of carbonyl (C=O) groups is 1. The van der Waals surface area contributed by atoms with Gasteiger partial charge in [0.05, 0.1) is 12.5 Å². The summed E-state index contributed by atoms with van der Waals surface area (Å²) in [5.41, 5.74) is 0. The summed E-state index contributed by atoms with van der Waals surface area (Å²) >= 11 is 0. The molecular formula is C7H13N3O2. The average molecular weight is 171 g/mol. The van der Waals surface area contributed by atoms with Crippen LogP contribution in [0.4, 0.5) is 0 Å². The van der Waals surface area contributed by atoms with Crippen molar-refractivity contribution in [2.75, 3.05) is 27.2 Å². The van der Waals surface area contributed by atoms with Crippen molar-refractivity contribution in [3.05, 3.63) is 0 Å². The molecule has 2 N–H and O–H groups in total. The van der Waals surface area contributed by atoms with Crippen LogP contribution >= 0.6 is 0 Å². The number of aliphatic imine (C=N–C) groups is 1. The van der Waals surface area contributed by atoms with Gasteiger partial charge in [-0.25, -0.2) is 0 Å². The molecule has 1 heterocycles. The molecule has 0 amide bonds. The summed E-state index contributed by atoms with van der Waals surface area (Å²) in [6, 6.07) is 0. The lowest BCUT2D eigenvalue weighted by atomic mass is 10.1. The van der Waals surface area contributed by atoms with Crippen LogP contribution in [0.25, 0.3) is 0 Å². The quantitative estimate of drug-likeness (QED) is 0.542. The second kappa shape index (κ2) is 3.42. The molecule has 0 aliphatic carbocycles. The summed E-state index contributed by atoms with van der Waals surface area (Å²) in [5.74, 6) is -0.412. The Hall–Kier alpha value is -1.26. The number of hydrogen-bond donors (Lipinski definition) is 2. The summed E-state index contributed by atoms with van der Waals surface area (Å²) in [6.45, 7) is 0.836. The van der Waals surface area contributed by atoms with Crippen molar-refractivity contribution in [3.8, 4) is 0 Å². The van der Waals surface area contributed by atoms with Crippen molar-refractivity contribution >= 4 is 11.9 Å². The zero-order chi connectivity index (χ0) is 9.14. The Bertz CT molecular complexity index is 213. The van der Waals surface area contributed by atoms with Crippen molar-refractivity contribution in [2.45, 2.75) is 0 Å². The third kappa shape index (κ3) is 1.87. The van der Waals surface area contributed by atoms with Crippen LogP contribution < -0.4 is 5.32 Å². The first kappa shape index (κ1) is 8.83. The van der Waals surface area contributed by atoms with Gasteiger partial charge in [-0.05, 0) is 0 Å². The molecule has 5 heteroatoms. The first-order valence-corrected chi connectivity index (χ1v) is 3.79. The minimum absolute atomic E-state index is 0.371. The number of hydrogen-bond acceptors (Lipinski definition) is 4. The Morgan fingerprint density at radius 2 is 2.42 bits per heavy atom. The molecule has 0 spiro atoms. The van der Waals surface area contributed by atoms with E-state index in [1.165, 1.54) is 0 Å². The molecule has 12 heavy (non-hydrogen) atoms. The minimum atomic E-state index is -0.788. The molecule has 1 aliphatic rings. The van der Waals surface area contributed by atoms with Gasteiger partial charge in [0.15, 0.2) is 5.96 Å². The highest BCUT2D eigenvalue weighted by Crippen LogP contribution is 2.01. The number of nitrogens with one attached hydrogen (secondary N) is 1. The molecule has 1 rings (SSSR count). The molecule has 0 fully saturated rings. The van der Waals surface area contributed by atoms with E-state index in [-0.39, 0.29) is 5.92 Å². The third-order valence-electron chi connectivity index (χ3n) is 1.74. The van der Waals surface area contributed by atoms with Crippen LogP contribution in [0, 0.1) is 5.92 Å². The molecule has 5 nitrogen and oxygen atoms in total. The standard InChI is InChI=1S/C7H13N3O2/c1-10(2)7-8-3-5(4-9-7)6(11)12/h5H,3-4H2,1-2H3,(H,8,9)(H,11,12). The Morgan fingerprint density at radius 1 is 1.75 bits per heavy atom. The van der Waals surface area contributed by atoms with Gasteiger partial charge in [-0.15, -0.1) is 0 Å². The van der Waals surface area contributed by atoms with E-state index in [0.717, 1.165) is 5.96 Å². The SMILES string of the molecule is CN(C)C1=NCC(C(=O)O)CN1. The second-order valence-corrected chi connectivity index (χ2v) is 2.97. The highest BCUT2D eigenvalue weighted by atomic mass is 16.4. The molecular weight excluding hydrogens is 158 g/mol. The monoisotopic (exact) mass is 171 g/mol. The Kier molecular flexibility index (Phi) is 2.52. The van der Waals surface area contributed by atoms with Gasteiger partial charge in [-0.2, -0.15) is 0 Å². The number of carboxylic acids is 1. The van der Waals surface area contributed by atoms with E-state index in [9.17, 15) is 4.79 Å². The Balaban J connectivity index is 2.53. The number of guanidine groups is 1. The van der Waals surface area contributed by atoms with Gasteiger partial charge < -0.3 is 15.3 Å². The maximum atomic E-state index is 10.5. The molecule has 1 atom stereocenters. The van der Waals surface area contributed by atoms with Crippen molar-refractivity contribution < 1.29 is 9.90 Å². The summed E-state index contributed by atoms with van der Waals surface area (Å²) in [4.78, 5) is 16.4. The molecule has 68 valence electrons. The van der Waals surface area contributed by atoms with Gasteiger partial charge in [0.1, 0.15) is 0 Å². The zero-order valence-electron chi connectivity index (χ0n) is 7.24. The fourth-order valence-electron chi connectivity index (χ4n) is 0.997. The molecule has 1 aliphatic heterocycles. The van der Waals surface area contributed by atoms with E-state index in [0.29, 0.717) is 13.1 Å². The van der Waals surface area contributed by atoms with E-state index >= 15 is 0 Å². The van der Waals surface area contributed by atoms with Gasteiger partial charge >= 0.3 is 5.97 Å². The molecule has 0 aromatic heterocycles. The summed E-state index contributed by atoms with van der Waals surface area (Å²) < 4.78 is 0. The summed E-state index contributed by atoms with van der Waals surface area (Å²) in [6.07, 6.45) is 0. The molecule has 1 unspecified atom stereocenters. The van der Waals surface area contributed by atoms with Crippen LogP contribution in [0.15, 0.2) is 4.99 Å². The van der Waals surface area contributed by atoms with E-state index in [4.69, 9.17) is 5.11 Å². The van der Waals surface area contributed by atoms with Crippen molar-refractivity contribution in [1.82, 2.24) is 10.2 Å². The molecule has 0 saturated carbocycles. The lowest BCUT2D eigenvalue weighted by Gasteiger charge is -2.24. The fourth-order valence-corrected chi connectivity index (χ4v) is 0.997. The number of aliphatic carboxylic acids is 1. The van der Waals surface area contributed by atoms with Crippen LogP contribution in [0.2, 0.25) is 0 Å². The van der Waals surface area contributed by atoms with Crippen molar-refractivity contribution in [2.24, 2.45) is 10.9 Å². The summed E-state index contributed by atoms with van der Waals surface area (Å²) in [7, 11) is 3.74. The fraction of sp³-hybridized carbons (Fsp3) is 0.714. The first-order valence-electron chi connectivity index (χ1n) is 3.79. The molecule has 0 bridgehead atoms. The van der Waals surface area contributed by atoms with Gasteiger partial charge in [0.25, 0.3) is 0 Å². The van der Waals surface area contributed by atoms with E-state index in [1.54, 1.807) is 0 Å². The summed E-state index contributed by atoms with van der Waals surface area (Å²) in [5, 5.41) is 11.6. The van der Waals surface area contributed by atoms with Crippen LogP contribution in [-0.4, -0.2) is 49.1 Å². The van der Waals surface area contributed by atoms with E-state index in [1.807, 2.05) is 19.0 Å². The maximum absolute atomic E-state index is 10.5. The van der Waals surface area contributed by atoms with E-state index < -0.39 is 5.97 Å². The molecule has 0 aromatic carbocycles. The number of carboxylic acid groups (broad SMARTS) is 1. The topological polar surface area (TPSA) is 64.9 Å². The number of nitrogens with zero attached hydrogens (tertiary/aromatic N) is 2. The van der Waals surface area contributed by atoms with Crippen molar-refractivity contribution in [1.29, 1.82) is 0 Å². The van der Waals surface area contributed by atoms with Crippen LogP contribution in [0.3, 0.4) is 0 Å². The zero-order valence-corrected chi connectivity index (χ0v) is 7.24. The van der Waals surface area contributed by atoms with Gasteiger partial charge in [-0.3, -0.25) is 9.79 Å². The largest absolute Gasteiger partial charge is 0.481 e. The predicted octanol–water partition coefficient (Wildman–Crippen LogP) is -0.792. The normalized spacial score (nSPS) is 22.5. The van der Waals surface area contributed by atoms with Crippen molar-refractivity contribution in [3.63, 3.8) is 0 Å². The maximum Gasteiger partial charge on any atom is 0.310 e. The predicted molar refractivity (Wildman–Crippen MR) is 45.1 cm³/mol. The Labute approximate surface area is 71.1 Å². The lowest BCUT2D eigenvalue weighted by Crippen LogP contribution is -2.45. The first-order chi connectivity index (χ1) is 5.61. The second-order valence-electron chi connectivity index (χ2n) is 2.97. The highest BCUT2D eigenvalue weighted by Gasteiger charge is 2.21. The van der Waals surface area contributed by atoms with Crippen LogP contribution in [-0.2, 0) is 4.79 Å². The highest BCUT2D eigenvalue weighted by molar-refractivity contribution is 5.82. The molecule has 0 aromatic rings. The minimum Gasteiger partial charge on any atom is -0.481 e. The van der Waals surface area contributed by atoms with E-state index in [2.05, 4.69) is 10.3 Å².